The third-order valence-electron chi connectivity index (χ3n) is 6.49. The van der Waals surface area contributed by atoms with Crippen molar-refractivity contribution in [1.29, 1.82) is 0 Å². The van der Waals surface area contributed by atoms with Gasteiger partial charge in [0.15, 0.2) is 0 Å². The highest BCUT2D eigenvalue weighted by atomic mass is 35.5. The first kappa shape index (κ1) is 34.9. The van der Waals surface area contributed by atoms with Gasteiger partial charge in [-0.05, 0) is 48.1 Å². The Bertz CT molecular complexity index is 944. The van der Waals surface area contributed by atoms with Crippen LogP contribution in [0, 0.1) is 29.6 Å². The molecule has 0 amide bonds. The minimum absolute atomic E-state index is 0.0408. The molecule has 6 atom stereocenters. The van der Waals surface area contributed by atoms with E-state index in [0.717, 1.165) is 5.92 Å². The second-order valence-corrected chi connectivity index (χ2v) is 11.7. The van der Waals surface area contributed by atoms with Crippen LogP contribution in [0.15, 0.2) is 27.3 Å². The van der Waals surface area contributed by atoms with Crippen LogP contribution in [0.3, 0.4) is 0 Å². The van der Waals surface area contributed by atoms with Crippen molar-refractivity contribution in [2.75, 3.05) is 14.2 Å². The molecule has 0 aromatic heterocycles. The summed E-state index contributed by atoms with van der Waals surface area (Å²) < 4.78 is 30.5. The number of rotatable bonds is 13. The number of hydrogen-bond donors (Lipinski definition) is 0. The average molecular weight is 588 g/mol. The predicted molar refractivity (Wildman–Crippen MR) is 151 cm³/mol. The van der Waals surface area contributed by atoms with Gasteiger partial charge in [-0.3, -0.25) is 4.18 Å². The number of halogens is 3. The van der Waals surface area contributed by atoms with Crippen molar-refractivity contribution in [3.8, 4) is 0 Å². The molecule has 0 heterocycles. The first-order valence-electron chi connectivity index (χ1n) is 12.0. The van der Waals surface area contributed by atoms with Gasteiger partial charge in [-0.2, -0.15) is 8.42 Å². The zero-order valence-corrected chi connectivity index (χ0v) is 25.7. The molecule has 0 saturated heterocycles. The quantitative estimate of drug-likeness (QED) is 0.101. The summed E-state index contributed by atoms with van der Waals surface area (Å²) >= 11 is 17.7. The smallest absolute Gasteiger partial charge is 0.298 e. The van der Waals surface area contributed by atoms with E-state index in [4.69, 9.17) is 39.0 Å². The van der Waals surface area contributed by atoms with Gasteiger partial charge < -0.3 is 9.68 Å². The maximum atomic E-state index is 12.6. The lowest BCUT2D eigenvalue weighted by Crippen LogP contribution is -2.29. The van der Waals surface area contributed by atoms with Crippen LogP contribution in [0.4, 0.5) is 0 Å². The number of benzene rings is 1. The molecule has 0 spiro atoms. The van der Waals surface area contributed by atoms with Crippen molar-refractivity contribution in [1.82, 2.24) is 0 Å². The molecule has 208 valence electrons. The van der Waals surface area contributed by atoms with Crippen LogP contribution in [-0.4, -0.2) is 41.2 Å². The summed E-state index contributed by atoms with van der Waals surface area (Å²) in [5.74, 6) is 1.76. The maximum Gasteiger partial charge on any atom is 0.298 e. The van der Waals surface area contributed by atoms with Crippen molar-refractivity contribution in [2.45, 2.75) is 72.3 Å². The Morgan fingerprint density at radius 3 is 1.72 bits per heavy atom. The summed E-state index contributed by atoms with van der Waals surface area (Å²) in [6, 6.07) is 2.47. The van der Waals surface area contributed by atoms with Crippen LogP contribution in [-0.2, 0) is 24.0 Å². The van der Waals surface area contributed by atoms with E-state index in [-0.39, 0.29) is 31.8 Å². The fourth-order valence-corrected chi connectivity index (χ4v) is 5.45. The van der Waals surface area contributed by atoms with Gasteiger partial charge in [0.25, 0.3) is 10.1 Å². The van der Waals surface area contributed by atoms with Crippen molar-refractivity contribution >= 4 is 57.4 Å². The van der Waals surface area contributed by atoms with E-state index >= 15 is 0 Å². The molecular weight excluding hydrogens is 547 g/mol. The van der Waals surface area contributed by atoms with Gasteiger partial charge in [0.1, 0.15) is 19.1 Å². The monoisotopic (exact) mass is 586 g/mol. The molecule has 0 N–H and O–H groups in total. The lowest BCUT2D eigenvalue weighted by atomic mass is 9.84. The van der Waals surface area contributed by atoms with E-state index in [1.165, 1.54) is 25.7 Å². The summed E-state index contributed by atoms with van der Waals surface area (Å²) in [7, 11) is -1.07. The van der Waals surface area contributed by atoms with Crippen LogP contribution in [0.1, 0.15) is 61.3 Å². The van der Waals surface area contributed by atoms with Crippen molar-refractivity contribution < 1.29 is 22.3 Å². The molecule has 0 aliphatic carbocycles. The number of oxime groups is 2. The fourth-order valence-electron chi connectivity index (χ4n) is 3.25. The van der Waals surface area contributed by atoms with E-state index in [9.17, 15) is 8.42 Å². The molecule has 0 aliphatic heterocycles. The summed E-state index contributed by atoms with van der Waals surface area (Å²) in [5.41, 5.74) is 0. The Labute approximate surface area is 232 Å². The van der Waals surface area contributed by atoms with Crippen LogP contribution >= 0.6 is 34.8 Å². The Kier molecular flexibility index (Phi) is 16.9. The lowest BCUT2D eigenvalue weighted by molar-refractivity contribution is 0.129. The number of hydrogen-bond acceptors (Lipinski definition) is 7. The second kappa shape index (κ2) is 17.4. The van der Waals surface area contributed by atoms with E-state index in [2.05, 4.69) is 47.7 Å². The molecule has 11 heteroatoms. The fraction of sp³-hybridized carbons (Fsp3) is 0.680. The van der Waals surface area contributed by atoms with Gasteiger partial charge in [-0.25, -0.2) is 0 Å². The summed E-state index contributed by atoms with van der Waals surface area (Å²) in [6.07, 6.45) is 4.65. The molecule has 0 bridgehead atoms. The van der Waals surface area contributed by atoms with Gasteiger partial charge in [0.05, 0.1) is 21.2 Å². The minimum Gasteiger partial charge on any atom is -0.399 e. The first-order chi connectivity index (χ1) is 16.8. The Balaban J connectivity index is 0.000000860. The lowest BCUT2D eigenvalue weighted by Gasteiger charge is -2.25. The predicted octanol–water partition coefficient (Wildman–Crippen LogP) is 7.97. The highest BCUT2D eigenvalue weighted by molar-refractivity contribution is 7.87. The van der Waals surface area contributed by atoms with E-state index in [1.807, 2.05) is 27.0 Å². The van der Waals surface area contributed by atoms with Crippen LogP contribution in [0.2, 0.25) is 15.1 Å². The molecule has 0 radical (unpaired) electrons. The van der Waals surface area contributed by atoms with Crippen molar-refractivity contribution in [3.05, 3.63) is 27.2 Å². The van der Waals surface area contributed by atoms with E-state index in [0.29, 0.717) is 18.3 Å². The molecule has 7 nitrogen and oxygen atoms in total. The van der Waals surface area contributed by atoms with Gasteiger partial charge in [0.2, 0.25) is 0 Å². The standard InChI is InChI=1S/C15H20Cl3NO4S.C10H21NO/c1-5-14(10(3)9(2)8-19-22-4)23-24(20,21)15-7-12(17)11(16)6-13(15)18;1-6-8(2)10(4)9(3)7-11-12-5/h6-10,14H,5H2,1-4H3;7-10H,6H2,1-5H3/t9-,10+,14-;8-,9+,10+/m10/s1. The summed E-state index contributed by atoms with van der Waals surface area (Å²) in [5, 5.41) is 7.72. The minimum atomic E-state index is -4.09. The number of nitrogens with zero attached hydrogens (tertiary/aromatic N) is 2. The zero-order valence-electron chi connectivity index (χ0n) is 22.7. The average Bonchev–Trinajstić information content (AvgIpc) is 2.85. The SMILES string of the molecule is CC[C@@H](OS(=O)(=O)c1cc(Cl)c(Cl)cc1Cl)[C@@H](C)[C@H](C)C=NOC.CC[C@H](C)[C@@H](C)[C@H](C)C=NOC. The van der Waals surface area contributed by atoms with Crippen molar-refractivity contribution in [2.24, 2.45) is 39.9 Å². The van der Waals surface area contributed by atoms with E-state index < -0.39 is 16.2 Å². The third-order valence-corrected chi connectivity index (χ3v) is 9.01. The molecule has 0 fully saturated rings. The van der Waals surface area contributed by atoms with Crippen LogP contribution in [0.5, 0.6) is 0 Å². The molecule has 0 unspecified atom stereocenters. The summed E-state index contributed by atoms with van der Waals surface area (Å²) in [4.78, 5) is 9.09. The molecule has 0 aliphatic rings. The molecule has 1 rings (SSSR count). The topological polar surface area (TPSA) is 86.6 Å². The van der Waals surface area contributed by atoms with Crippen molar-refractivity contribution in [3.63, 3.8) is 0 Å². The molecule has 0 saturated carbocycles. The molecular formula is C25H41Cl3N2O5S. The normalized spacial score (nSPS) is 17.1. The highest BCUT2D eigenvalue weighted by Crippen LogP contribution is 2.34. The van der Waals surface area contributed by atoms with E-state index in [1.54, 1.807) is 13.3 Å². The zero-order chi connectivity index (χ0) is 28.1. The highest BCUT2D eigenvalue weighted by Gasteiger charge is 2.29. The molecule has 36 heavy (non-hydrogen) atoms. The Hall–Kier alpha value is -1.06. The third kappa shape index (κ3) is 11.5. The van der Waals surface area contributed by atoms with Gasteiger partial charge in [-0.15, -0.1) is 0 Å². The Morgan fingerprint density at radius 1 is 0.806 bits per heavy atom. The second-order valence-electron chi connectivity index (χ2n) is 8.89. The van der Waals surface area contributed by atoms with Gasteiger partial charge >= 0.3 is 0 Å². The summed E-state index contributed by atoms with van der Waals surface area (Å²) in [6.45, 7) is 14.6. The van der Waals surface area contributed by atoms with Crippen LogP contribution in [0.25, 0.3) is 0 Å². The maximum absolute atomic E-state index is 12.6. The largest absolute Gasteiger partial charge is 0.399 e. The molecule has 1 aromatic carbocycles. The van der Waals surface area contributed by atoms with Gasteiger partial charge in [-0.1, -0.05) is 100 Å². The van der Waals surface area contributed by atoms with Gasteiger partial charge in [0, 0.05) is 12.4 Å². The first-order valence-corrected chi connectivity index (χ1v) is 14.5. The Morgan fingerprint density at radius 2 is 1.28 bits per heavy atom. The molecule has 1 aromatic rings. The van der Waals surface area contributed by atoms with Crippen LogP contribution < -0.4 is 0 Å².